The van der Waals surface area contributed by atoms with Gasteiger partial charge in [0.15, 0.2) is 6.10 Å². The van der Waals surface area contributed by atoms with Crippen molar-refractivity contribution in [2.45, 2.75) is 259 Å². The monoisotopic (exact) mass is 751 g/mol. The van der Waals surface area contributed by atoms with Crippen molar-refractivity contribution >= 4 is 17.9 Å². The molecule has 0 unspecified atom stereocenters. The van der Waals surface area contributed by atoms with Crippen LogP contribution in [0, 0.1) is 11.8 Å². The van der Waals surface area contributed by atoms with Gasteiger partial charge in [0, 0.05) is 19.3 Å². The van der Waals surface area contributed by atoms with Crippen LogP contribution >= 0.6 is 0 Å². The predicted octanol–water partition coefficient (Wildman–Crippen LogP) is 14.6. The number of unbranched alkanes of at least 4 members (excludes halogenated alkanes) is 26. The largest absolute Gasteiger partial charge is 0.462 e. The van der Waals surface area contributed by atoms with E-state index in [0.29, 0.717) is 19.3 Å². The molecule has 0 aliphatic carbocycles. The standard InChI is InChI=1S/C47H90O6/c1-6-7-8-9-10-15-22-27-32-37-45(48)51-40-44(41-52-46(49)38-33-28-23-19-18-21-26-31-36-43(4)5)53-47(50)39-34-29-24-17-14-12-11-13-16-20-25-30-35-42(2)3/h42-44H,6-41H2,1-5H3/t44-/m1/s1. The third kappa shape index (κ3) is 41.4. The number of ether oxygens (including phenoxy) is 3. The average molecular weight is 751 g/mol. The van der Waals surface area contributed by atoms with Gasteiger partial charge in [-0.15, -0.1) is 0 Å². The van der Waals surface area contributed by atoms with Crippen LogP contribution in [-0.4, -0.2) is 37.2 Å². The van der Waals surface area contributed by atoms with E-state index in [1.165, 1.54) is 141 Å². The summed E-state index contributed by atoms with van der Waals surface area (Å²) in [6.07, 6.45) is 38.1. The van der Waals surface area contributed by atoms with Crippen LogP contribution in [0.1, 0.15) is 253 Å². The predicted molar refractivity (Wildman–Crippen MR) is 224 cm³/mol. The summed E-state index contributed by atoms with van der Waals surface area (Å²) in [5, 5.41) is 0. The highest BCUT2D eigenvalue weighted by Gasteiger charge is 2.19. The van der Waals surface area contributed by atoms with Crippen molar-refractivity contribution in [1.29, 1.82) is 0 Å². The Morgan fingerprint density at radius 3 is 0.925 bits per heavy atom. The van der Waals surface area contributed by atoms with Gasteiger partial charge in [0.05, 0.1) is 0 Å². The Morgan fingerprint density at radius 1 is 0.358 bits per heavy atom. The third-order valence-electron chi connectivity index (χ3n) is 10.5. The first-order valence-corrected chi connectivity index (χ1v) is 23.2. The van der Waals surface area contributed by atoms with E-state index in [2.05, 4.69) is 34.6 Å². The molecule has 6 heteroatoms. The molecule has 0 bridgehead atoms. The molecular weight excluding hydrogens is 661 g/mol. The molecule has 0 saturated carbocycles. The van der Waals surface area contributed by atoms with Gasteiger partial charge in [0.1, 0.15) is 13.2 Å². The molecule has 0 amide bonds. The fraction of sp³-hybridized carbons (Fsp3) is 0.936. The number of hydrogen-bond donors (Lipinski definition) is 0. The zero-order chi connectivity index (χ0) is 39.0. The lowest BCUT2D eigenvalue weighted by molar-refractivity contribution is -0.167. The van der Waals surface area contributed by atoms with Gasteiger partial charge in [-0.3, -0.25) is 14.4 Å². The molecule has 0 fully saturated rings. The maximum Gasteiger partial charge on any atom is 0.306 e. The first-order valence-electron chi connectivity index (χ1n) is 23.2. The second-order valence-electron chi connectivity index (χ2n) is 17.0. The zero-order valence-corrected chi connectivity index (χ0v) is 36.1. The van der Waals surface area contributed by atoms with Crippen LogP contribution in [-0.2, 0) is 28.6 Å². The molecule has 0 N–H and O–H groups in total. The van der Waals surface area contributed by atoms with Gasteiger partial charge in [-0.1, -0.05) is 214 Å². The molecule has 1 atom stereocenters. The van der Waals surface area contributed by atoms with Gasteiger partial charge < -0.3 is 14.2 Å². The summed E-state index contributed by atoms with van der Waals surface area (Å²) in [5.74, 6) is 0.769. The van der Waals surface area contributed by atoms with Crippen molar-refractivity contribution < 1.29 is 28.6 Å². The molecule has 6 nitrogen and oxygen atoms in total. The number of carbonyl (C=O) groups is 3. The fourth-order valence-electron chi connectivity index (χ4n) is 6.93. The molecule has 0 saturated heterocycles. The fourth-order valence-corrected chi connectivity index (χ4v) is 6.93. The Balaban J connectivity index is 4.31. The van der Waals surface area contributed by atoms with Crippen molar-refractivity contribution in [3.05, 3.63) is 0 Å². The smallest absolute Gasteiger partial charge is 0.306 e. The Hall–Kier alpha value is -1.59. The van der Waals surface area contributed by atoms with Gasteiger partial charge in [-0.2, -0.15) is 0 Å². The average Bonchev–Trinajstić information content (AvgIpc) is 3.12. The molecule has 53 heavy (non-hydrogen) atoms. The van der Waals surface area contributed by atoms with Gasteiger partial charge in [-0.05, 0) is 31.1 Å². The highest BCUT2D eigenvalue weighted by atomic mass is 16.6. The van der Waals surface area contributed by atoms with E-state index in [-0.39, 0.29) is 31.1 Å². The van der Waals surface area contributed by atoms with E-state index in [1.54, 1.807) is 0 Å². The number of carbonyl (C=O) groups excluding carboxylic acids is 3. The Bertz CT molecular complexity index is 809. The third-order valence-corrected chi connectivity index (χ3v) is 10.5. The van der Waals surface area contributed by atoms with E-state index in [1.807, 2.05) is 0 Å². The van der Waals surface area contributed by atoms with E-state index in [4.69, 9.17) is 14.2 Å². The summed E-state index contributed by atoms with van der Waals surface area (Å²) in [6.45, 7) is 11.3. The van der Waals surface area contributed by atoms with Crippen molar-refractivity contribution in [3.8, 4) is 0 Å². The highest BCUT2D eigenvalue weighted by molar-refractivity contribution is 5.71. The minimum Gasteiger partial charge on any atom is -0.462 e. The van der Waals surface area contributed by atoms with Crippen molar-refractivity contribution in [2.75, 3.05) is 13.2 Å². The summed E-state index contributed by atoms with van der Waals surface area (Å²) in [7, 11) is 0. The molecule has 0 aromatic carbocycles. The maximum absolute atomic E-state index is 12.7. The molecule has 0 heterocycles. The molecule has 0 radical (unpaired) electrons. The molecule has 0 aliphatic rings. The van der Waals surface area contributed by atoms with Crippen LogP contribution in [0.4, 0.5) is 0 Å². The van der Waals surface area contributed by atoms with Crippen LogP contribution in [0.5, 0.6) is 0 Å². The SMILES string of the molecule is CCCCCCCCCCCC(=O)OC[C@H](COC(=O)CCCCCCCCCCC(C)C)OC(=O)CCCCCCCCCCCCCCC(C)C. The van der Waals surface area contributed by atoms with E-state index in [9.17, 15) is 14.4 Å². The number of rotatable bonds is 41. The van der Waals surface area contributed by atoms with Gasteiger partial charge >= 0.3 is 17.9 Å². The lowest BCUT2D eigenvalue weighted by Crippen LogP contribution is -2.30. The first kappa shape index (κ1) is 51.4. The molecule has 0 aliphatic heterocycles. The van der Waals surface area contributed by atoms with E-state index < -0.39 is 6.10 Å². The van der Waals surface area contributed by atoms with Crippen LogP contribution in [0.25, 0.3) is 0 Å². The molecule has 0 aromatic heterocycles. The van der Waals surface area contributed by atoms with Gasteiger partial charge in [0.25, 0.3) is 0 Å². The second-order valence-corrected chi connectivity index (χ2v) is 17.0. The van der Waals surface area contributed by atoms with E-state index >= 15 is 0 Å². The number of esters is 3. The lowest BCUT2D eigenvalue weighted by Gasteiger charge is -2.18. The molecule has 0 rings (SSSR count). The summed E-state index contributed by atoms with van der Waals surface area (Å²) in [4.78, 5) is 37.7. The summed E-state index contributed by atoms with van der Waals surface area (Å²) in [6, 6.07) is 0. The quantitative estimate of drug-likeness (QED) is 0.0352. The number of hydrogen-bond acceptors (Lipinski definition) is 6. The van der Waals surface area contributed by atoms with Crippen molar-refractivity contribution in [1.82, 2.24) is 0 Å². The van der Waals surface area contributed by atoms with Crippen LogP contribution in [0.2, 0.25) is 0 Å². The Labute approximate surface area is 329 Å². The van der Waals surface area contributed by atoms with Crippen molar-refractivity contribution in [2.24, 2.45) is 11.8 Å². The molecule has 314 valence electrons. The van der Waals surface area contributed by atoms with E-state index in [0.717, 1.165) is 69.6 Å². The summed E-state index contributed by atoms with van der Waals surface area (Å²) >= 11 is 0. The zero-order valence-electron chi connectivity index (χ0n) is 36.1. The van der Waals surface area contributed by atoms with Gasteiger partial charge in [-0.25, -0.2) is 0 Å². The Morgan fingerprint density at radius 2 is 0.623 bits per heavy atom. The molecule has 0 aromatic rings. The minimum atomic E-state index is -0.760. The van der Waals surface area contributed by atoms with Crippen LogP contribution in [0.15, 0.2) is 0 Å². The lowest BCUT2D eigenvalue weighted by atomic mass is 10.0. The second kappa shape index (κ2) is 40.1. The Kier molecular flexibility index (Phi) is 38.9. The van der Waals surface area contributed by atoms with Crippen LogP contribution < -0.4 is 0 Å². The normalized spacial score (nSPS) is 12.1. The van der Waals surface area contributed by atoms with Crippen molar-refractivity contribution in [3.63, 3.8) is 0 Å². The summed E-state index contributed by atoms with van der Waals surface area (Å²) < 4.78 is 16.7. The highest BCUT2D eigenvalue weighted by Crippen LogP contribution is 2.16. The first-order chi connectivity index (χ1) is 25.7. The van der Waals surface area contributed by atoms with Crippen LogP contribution in [0.3, 0.4) is 0 Å². The molecular formula is C47H90O6. The van der Waals surface area contributed by atoms with Gasteiger partial charge in [0.2, 0.25) is 0 Å². The minimum absolute atomic E-state index is 0.0651. The maximum atomic E-state index is 12.7. The topological polar surface area (TPSA) is 78.9 Å². The summed E-state index contributed by atoms with van der Waals surface area (Å²) in [5.41, 5.74) is 0. The molecule has 0 spiro atoms.